The Morgan fingerprint density at radius 1 is 1.33 bits per heavy atom. The third-order valence-corrected chi connectivity index (χ3v) is 4.31. The lowest BCUT2D eigenvalue weighted by molar-refractivity contribution is 0.144. The molecule has 112 valence electrons. The molecule has 1 fully saturated rings. The molecule has 0 spiro atoms. The van der Waals surface area contributed by atoms with Gasteiger partial charge in [-0.15, -0.1) is 0 Å². The standard InChI is InChI=1S/C17H23N3O/c1-2-19-16(21)20-12-10-17(14-18,11-13-20)9-8-15-6-4-3-5-7-15/h3-7H,2,8-13H2,1H3,(H,19,21). The summed E-state index contributed by atoms with van der Waals surface area (Å²) >= 11 is 0. The molecule has 1 N–H and O–H groups in total. The van der Waals surface area contributed by atoms with Gasteiger partial charge in [0.05, 0.1) is 11.5 Å². The smallest absolute Gasteiger partial charge is 0.317 e. The van der Waals surface area contributed by atoms with Gasteiger partial charge in [0.1, 0.15) is 0 Å². The molecule has 1 aliphatic rings. The first-order chi connectivity index (χ1) is 10.2. The van der Waals surface area contributed by atoms with Crippen molar-refractivity contribution < 1.29 is 4.79 Å². The predicted molar refractivity (Wildman–Crippen MR) is 82.7 cm³/mol. The number of carbonyl (C=O) groups is 1. The minimum Gasteiger partial charge on any atom is -0.338 e. The second kappa shape index (κ2) is 7.12. The summed E-state index contributed by atoms with van der Waals surface area (Å²) < 4.78 is 0. The van der Waals surface area contributed by atoms with E-state index in [9.17, 15) is 10.1 Å². The van der Waals surface area contributed by atoms with Crippen molar-refractivity contribution in [2.75, 3.05) is 19.6 Å². The lowest BCUT2D eigenvalue weighted by atomic mass is 9.75. The van der Waals surface area contributed by atoms with Crippen molar-refractivity contribution in [2.24, 2.45) is 5.41 Å². The number of amides is 2. The number of hydrogen-bond acceptors (Lipinski definition) is 2. The van der Waals surface area contributed by atoms with Crippen molar-refractivity contribution in [3.05, 3.63) is 35.9 Å². The highest BCUT2D eigenvalue weighted by molar-refractivity contribution is 5.74. The molecule has 1 aromatic carbocycles. The fourth-order valence-corrected chi connectivity index (χ4v) is 2.85. The largest absolute Gasteiger partial charge is 0.338 e. The van der Waals surface area contributed by atoms with Gasteiger partial charge in [-0.25, -0.2) is 4.79 Å². The van der Waals surface area contributed by atoms with Crippen LogP contribution in [0.2, 0.25) is 0 Å². The lowest BCUT2D eigenvalue weighted by Crippen LogP contribution is -2.47. The molecule has 1 heterocycles. The van der Waals surface area contributed by atoms with E-state index in [4.69, 9.17) is 0 Å². The van der Waals surface area contributed by atoms with Gasteiger partial charge in [0.15, 0.2) is 0 Å². The van der Waals surface area contributed by atoms with Crippen LogP contribution in [0.25, 0.3) is 0 Å². The van der Waals surface area contributed by atoms with Crippen LogP contribution in [0.5, 0.6) is 0 Å². The summed E-state index contributed by atoms with van der Waals surface area (Å²) in [7, 11) is 0. The van der Waals surface area contributed by atoms with E-state index < -0.39 is 0 Å². The summed E-state index contributed by atoms with van der Waals surface area (Å²) in [6.45, 7) is 3.91. The molecule has 4 heteroatoms. The van der Waals surface area contributed by atoms with E-state index >= 15 is 0 Å². The van der Waals surface area contributed by atoms with Gasteiger partial charge in [0.2, 0.25) is 0 Å². The van der Waals surface area contributed by atoms with Crippen LogP contribution in [0.3, 0.4) is 0 Å². The van der Waals surface area contributed by atoms with Crippen molar-refractivity contribution in [3.63, 3.8) is 0 Å². The first-order valence-corrected chi connectivity index (χ1v) is 7.67. The number of urea groups is 1. The van der Waals surface area contributed by atoms with Gasteiger partial charge >= 0.3 is 6.03 Å². The lowest BCUT2D eigenvalue weighted by Gasteiger charge is -2.37. The van der Waals surface area contributed by atoms with Crippen molar-refractivity contribution in [3.8, 4) is 6.07 Å². The molecule has 1 aromatic rings. The molecule has 1 saturated heterocycles. The van der Waals surface area contributed by atoms with Crippen LogP contribution in [-0.4, -0.2) is 30.6 Å². The maximum Gasteiger partial charge on any atom is 0.317 e. The Labute approximate surface area is 126 Å². The van der Waals surface area contributed by atoms with Gasteiger partial charge in [-0.1, -0.05) is 30.3 Å². The van der Waals surface area contributed by atoms with E-state index in [1.54, 1.807) is 0 Å². The van der Waals surface area contributed by atoms with E-state index in [0.29, 0.717) is 19.6 Å². The number of aryl methyl sites for hydroxylation is 1. The Morgan fingerprint density at radius 3 is 2.57 bits per heavy atom. The minimum absolute atomic E-state index is 0.00732. The molecule has 4 nitrogen and oxygen atoms in total. The Kier molecular flexibility index (Phi) is 5.21. The zero-order valence-corrected chi connectivity index (χ0v) is 12.6. The quantitative estimate of drug-likeness (QED) is 0.924. The van der Waals surface area contributed by atoms with E-state index in [1.165, 1.54) is 5.56 Å². The molecule has 2 amide bonds. The molecule has 0 aliphatic carbocycles. The summed E-state index contributed by atoms with van der Waals surface area (Å²) in [5.74, 6) is 0. The molecule has 2 rings (SSSR count). The third kappa shape index (κ3) is 3.98. The van der Waals surface area contributed by atoms with E-state index in [-0.39, 0.29) is 11.4 Å². The topological polar surface area (TPSA) is 56.1 Å². The molecular weight excluding hydrogens is 262 g/mol. The fourth-order valence-electron chi connectivity index (χ4n) is 2.85. The van der Waals surface area contributed by atoms with Gasteiger partial charge in [0.25, 0.3) is 0 Å². The number of benzene rings is 1. The molecule has 0 atom stereocenters. The number of piperidine rings is 1. The Bertz CT molecular complexity index is 499. The molecule has 0 aromatic heterocycles. The van der Waals surface area contributed by atoms with Gasteiger partial charge in [0, 0.05) is 19.6 Å². The summed E-state index contributed by atoms with van der Waals surface area (Å²) in [5.41, 5.74) is 0.997. The van der Waals surface area contributed by atoms with Crippen LogP contribution in [0.4, 0.5) is 4.79 Å². The second-order valence-corrected chi connectivity index (χ2v) is 5.70. The monoisotopic (exact) mass is 285 g/mol. The number of carbonyl (C=O) groups excluding carboxylic acids is 1. The van der Waals surface area contributed by atoms with Gasteiger partial charge in [-0.05, 0) is 38.2 Å². The van der Waals surface area contributed by atoms with Gasteiger partial charge in [-0.2, -0.15) is 5.26 Å². The predicted octanol–water partition coefficient (Wildman–Crippen LogP) is 2.95. The van der Waals surface area contributed by atoms with Crippen molar-refractivity contribution in [2.45, 2.75) is 32.6 Å². The Morgan fingerprint density at radius 2 is 2.00 bits per heavy atom. The molecule has 0 radical (unpaired) electrons. The van der Waals surface area contributed by atoms with Crippen LogP contribution in [-0.2, 0) is 6.42 Å². The molecule has 0 unspecified atom stereocenters. The number of nitrogens with one attached hydrogen (secondary N) is 1. The number of hydrogen-bond donors (Lipinski definition) is 1. The Hall–Kier alpha value is -2.02. The van der Waals surface area contributed by atoms with Crippen LogP contribution in [0.1, 0.15) is 31.7 Å². The highest BCUT2D eigenvalue weighted by atomic mass is 16.2. The number of nitriles is 1. The summed E-state index contributed by atoms with van der Waals surface area (Å²) in [5, 5.41) is 12.4. The summed E-state index contributed by atoms with van der Waals surface area (Å²) in [4.78, 5) is 13.6. The normalized spacial score (nSPS) is 17.0. The fraction of sp³-hybridized carbons (Fsp3) is 0.529. The first kappa shape index (κ1) is 15.4. The molecule has 0 bridgehead atoms. The van der Waals surface area contributed by atoms with Crippen molar-refractivity contribution in [1.82, 2.24) is 10.2 Å². The second-order valence-electron chi connectivity index (χ2n) is 5.70. The maximum absolute atomic E-state index is 11.8. The third-order valence-electron chi connectivity index (χ3n) is 4.31. The molecule has 0 saturated carbocycles. The van der Waals surface area contributed by atoms with Crippen LogP contribution in [0, 0.1) is 16.7 Å². The molecular formula is C17H23N3O. The van der Waals surface area contributed by atoms with E-state index in [0.717, 1.165) is 25.7 Å². The van der Waals surface area contributed by atoms with Gasteiger partial charge < -0.3 is 10.2 Å². The number of rotatable bonds is 4. The van der Waals surface area contributed by atoms with Crippen LogP contribution < -0.4 is 5.32 Å². The van der Waals surface area contributed by atoms with E-state index in [2.05, 4.69) is 23.5 Å². The highest BCUT2D eigenvalue weighted by Crippen LogP contribution is 2.35. The maximum atomic E-state index is 11.8. The molecule has 1 aliphatic heterocycles. The average molecular weight is 285 g/mol. The van der Waals surface area contributed by atoms with Crippen LogP contribution in [0.15, 0.2) is 30.3 Å². The zero-order chi connectivity index (χ0) is 15.1. The summed E-state index contributed by atoms with van der Waals surface area (Å²) in [6, 6.07) is 12.8. The minimum atomic E-state index is -0.279. The number of likely N-dealkylation sites (tertiary alicyclic amines) is 1. The zero-order valence-electron chi connectivity index (χ0n) is 12.6. The highest BCUT2D eigenvalue weighted by Gasteiger charge is 2.35. The first-order valence-electron chi connectivity index (χ1n) is 7.67. The average Bonchev–Trinajstić information content (AvgIpc) is 2.54. The number of nitrogens with zero attached hydrogens (tertiary/aromatic N) is 2. The SMILES string of the molecule is CCNC(=O)N1CCC(C#N)(CCc2ccccc2)CC1. The Balaban J connectivity index is 1.89. The van der Waals surface area contributed by atoms with Crippen molar-refractivity contribution >= 4 is 6.03 Å². The molecule has 21 heavy (non-hydrogen) atoms. The van der Waals surface area contributed by atoms with Crippen molar-refractivity contribution in [1.29, 1.82) is 5.26 Å². The van der Waals surface area contributed by atoms with E-state index in [1.807, 2.05) is 30.0 Å². The van der Waals surface area contributed by atoms with Crippen LogP contribution >= 0.6 is 0 Å². The summed E-state index contributed by atoms with van der Waals surface area (Å²) in [6.07, 6.45) is 3.34. The van der Waals surface area contributed by atoms with Gasteiger partial charge in [-0.3, -0.25) is 0 Å².